The molecule has 2 aliphatic rings. The molecule has 3 N–H and O–H groups in total. The summed E-state index contributed by atoms with van der Waals surface area (Å²) in [5.41, 5.74) is 4.74. The Morgan fingerprint density at radius 1 is 1.33 bits per heavy atom. The molecule has 0 bridgehead atoms. The molecule has 1 amide bonds. The molecule has 0 aromatic heterocycles. The first-order valence-corrected chi connectivity index (χ1v) is 5.74. The molecule has 1 saturated carbocycles. The summed E-state index contributed by atoms with van der Waals surface area (Å²) in [7, 11) is 0. The van der Waals surface area contributed by atoms with Gasteiger partial charge in [0.2, 0.25) is 5.91 Å². The van der Waals surface area contributed by atoms with Crippen LogP contribution in [0, 0.1) is 0 Å². The van der Waals surface area contributed by atoms with Gasteiger partial charge in [0.25, 0.3) is 0 Å². The molecule has 0 radical (unpaired) electrons. The molecule has 1 unspecified atom stereocenters. The average Bonchev–Trinajstić information content (AvgIpc) is 2.72. The monoisotopic (exact) mass is 212 g/mol. The minimum atomic E-state index is -0.718. The number of hydrogen-bond donors (Lipinski definition) is 2. The van der Waals surface area contributed by atoms with E-state index in [4.69, 9.17) is 5.73 Å². The molecule has 0 aromatic carbocycles. The van der Waals surface area contributed by atoms with Crippen LogP contribution in [0.5, 0.6) is 0 Å². The molecule has 1 saturated heterocycles. The average molecular weight is 212 g/mol. The second-order valence-electron chi connectivity index (χ2n) is 5.34. The van der Waals surface area contributed by atoms with E-state index in [-0.39, 0.29) is 5.91 Å². The molecular formula is C11H20N2O2. The normalized spacial score (nSPS) is 34.7. The summed E-state index contributed by atoms with van der Waals surface area (Å²) in [6, 6.07) is 0. The molecule has 1 heterocycles. The number of aliphatic hydroxyl groups is 1. The minimum Gasteiger partial charge on any atom is -0.388 e. The first-order chi connectivity index (χ1) is 6.93. The second-order valence-corrected chi connectivity index (χ2v) is 5.34. The fourth-order valence-corrected chi connectivity index (χ4v) is 2.65. The van der Waals surface area contributed by atoms with Crippen molar-refractivity contribution in [2.75, 3.05) is 13.1 Å². The van der Waals surface area contributed by atoms with Crippen molar-refractivity contribution in [3.8, 4) is 0 Å². The molecule has 15 heavy (non-hydrogen) atoms. The van der Waals surface area contributed by atoms with Crippen molar-refractivity contribution in [1.29, 1.82) is 0 Å². The molecular weight excluding hydrogens is 192 g/mol. The van der Waals surface area contributed by atoms with E-state index in [1.807, 2.05) is 0 Å². The van der Waals surface area contributed by atoms with E-state index in [1.54, 1.807) is 11.8 Å². The molecule has 2 rings (SSSR count). The maximum Gasteiger partial charge on any atom is 0.242 e. The number of β-amino-alcohol motifs (C(OH)–C–C–N with tert-alkyl or cyclic N) is 1. The largest absolute Gasteiger partial charge is 0.388 e. The molecule has 1 atom stereocenters. The van der Waals surface area contributed by atoms with Crippen molar-refractivity contribution in [2.24, 2.45) is 5.73 Å². The zero-order valence-electron chi connectivity index (χ0n) is 9.33. The highest BCUT2D eigenvalue weighted by molar-refractivity contribution is 5.86. The van der Waals surface area contributed by atoms with Gasteiger partial charge in [-0.05, 0) is 26.2 Å². The van der Waals surface area contributed by atoms with Crippen molar-refractivity contribution in [2.45, 2.75) is 50.2 Å². The number of amides is 1. The van der Waals surface area contributed by atoms with Crippen LogP contribution in [0.4, 0.5) is 0 Å². The Morgan fingerprint density at radius 3 is 2.40 bits per heavy atom. The first-order valence-electron chi connectivity index (χ1n) is 5.74. The second kappa shape index (κ2) is 3.46. The number of likely N-dealkylation sites (tertiary alicyclic amines) is 1. The van der Waals surface area contributed by atoms with Crippen molar-refractivity contribution in [1.82, 2.24) is 4.90 Å². The van der Waals surface area contributed by atoms with Gasteiger partial charge in [-0.15, -0.1) is 0 Å². The first kappa shape index (κ1) is 10.9. The molecule has 1 aliphatic carbocycles. The summed E-state index contributed by atoms with van der Waals surface area (Å²) in [6.45, 7) is 2.85. The van der Waals surface area contributed by atoms with Gasteiger partial charge in [0, 0.05) is 13.1 Å². The lowest BCUT2D eigenvalue weighted by molar-refractivity contribution is -0.136. The molecule has 86 valence electrons. The van der Waals surface area contributed by atoms with Gasteiger partial charge in [0.1, 0.15) is 0 Å². The van der Waals surface area contributed by atoms with Crippen LogP contribution in [0.25, 0.3) is 0 Å². The highest BCUT2D eigenvalue weighted by atomic mass is 16.3. The van der Waals surface area contributed by atoms with E-state index in [1.165, 1.54) is 0 Å². The molecule has 0 aromatic rings. The SMILES string of the molecule is CC1(O)CCN(C(=O)C2(N)CCCC2)C1. The van der Waals surface area contributed by atoms with Gasteiger partial charge in [0.05, 0.1) is 11.1 Å². The Morgan fingerprint density at radius 2 is 1.93 bits per heavy atom. The summed E-state index contributed by atoms with van der Waals surface area (Å²) < 4.78 is 0. The summed E-state index contributed by atoms with van der Waals surface area (Å²) in [5.74, 6) is 0.0396. The Kier molecular flexibility index (Phi) is 2.51. The lowest BCUT2D eigenvalue weighted by Crippen LogP contribution is -2.53. The molecule has 1 aliphatic heterocycles. The number of rotatable bonds is 1. The molecule has 4 heteroatoms. The molecule has 0 spiro atoms. The number of nitrogens with two attached hydrogens (primary N) is 1. The number of carbonyl (C=O) groups is 1. The van der Waals surface area contributed by atoms with E-state index in [0.717, 1.165) is 25.7 Å². The predicted octanol–water partition coefficient (Wildman–Crippen LogP) is 0.241. The van der Waals surface area contributed by atoms with Gasteiger partial charge in [-0.2, -0.15) is 0 Å². The standard InChI is InChI=1S/C11H20N2O2/c1-10(15)6-7-13(8-10)9(14)11(12)4-2-3-5-11/h15H,2-8,12H2,1H3. The minimum absolute atomic E-state index is 0.0396. The van der Waals surface area contributed by atoms with Crippen molar-refractivity contribution >= 4 is 5.91 Å². The van der Waals surface area contributed by atoms with E-state index in [0.29, 0.717) is 19.5 Å². The summed E-state index contributed by atoms with van der Waals surface area (Å²) in [5, 5.41) is 9.81. The van der Waals surface area contributed by atoms with Crippen LogP contribution in [0.2, 0.25) is 0 Å². The van der Waals surface area contributed by atoms with Gasteiger partial charge in [0.15, 0.2) is 0 Å². The van der Waals surface area contributed by atoms with E-state index < -0.39 is 11.1 Å². The zero-order chi connectivity index (χ0) is 11.1. The summed E-state index contributed by atoms with van der Waals surface area (Å²) in [6.07, 6.45) is 4.35. The van der Waals surface area contributed by atoms with Crippen molar-refractivity contribution < 1.29 is 9.90 Å². The summed E-state index contributed by atoms with van der Waals surface area (Å²) >= 11 is 0. The third-order valence-corrected chi connectivity index (χ3v) is 3.66. The van der Waals surface area contributed by atoms with Crippen LogP contribution in [0.3, 0.4) is 0 Å². The fraction of sp³-hybridized carbons (Fsp3) is 0.909. The fourth-order valence-electron chi connectivity index (χ4n) is 2.65. The Hall–Kier alpha value is -0.610. The summed E-state index contributed by atoms with van der Waals surface area (Å²) in [4.78, 5) is 13.9. The Bertz CT molecular complexity index is 270. The number of carbonyl (C=O) groups excluding carboxylic acids is 1. The predicted molar refractivity (Wildman–Crippen MR) is 57.2 cm³/mol. The third kappa shape index (κ3) is 2.01. The van der Waals surface area contributed by atoms with Gasteiger partial charge >= 0.3 is 0 Å². The molecule has 4 nitrogen and oxygen atoms in total. The quantitative estimate of drug-likeness (QED) is 0.654. The number of hydrogen-bond acceptors (Lipinski definition) is 3. The van der Waals surface area contributed by atoms with E-state index in [2.05, 4.69) is 0 Å². The highest BCUT2D eigenvalue weighted by Gasteiger charge is 2.43. The van der Waals surface area contributed by atoms with Crippen LogP contribution in [0.1, 0.15) is 39.0 Å². The van der Waals surface area contributed by atoms with Crippen LogP contribution in [0.15, 0.2) is 0 Å². The molecule has 2 fully saturated rings. The van der Waals surface area contributed by atoms with Crippen LogP contribution in [-0.2, 0) is 4.79 Å². The Labute approximate surface area is 90.4 Å². The van der Waals surface area contributed by atoms with Crippen molar-refractivity contribution in [3.05, 3.63) is 0 Å². The van der Waals surface area contributed by atoms with Crippen LogP contribution >= 0.6 is 0 Å². The van der Waals surface area contributed by atoms with Crippen LogP contribution in [-0.4, -0.2) is 40.1 Å². The van der Waals surface area contributed by atoms with Gasteiger partial charge in [-0.25, -0.2) is 0 Å². The highest BCUT2D eigenvalue weighted by Crippen LogP contribution is 2.31. The van der Waals surface area contributed by atoms with Gasteiger partial charge < -0.3 is 15.7 Å². The van der Waals surface area contributed by atoms with Gasteiger partial charge in [-0.1, -0.05) is 12.8 Å². The van der Waals surface area contributed by atoms with E-state index in [9.17, 15) is 9.90 Å². The Balaban J connectivity index is 2.03. The van der Waals surface area contributed by atoms with Crippen molar-refractivity contribution in [3.63, 3.8) is 0 Å². The van der Waals surface area contributed by atoms with Gasteiger partial charge in [-0.3, -0.25) is 4.79 Å². The maximum absolute atomic E-state index is 12.1. The number of nitrogens with zero attached hydrogens (tertiary/aromatic N) is 1. The lowest BCUT2D eigenvalue weighted by atomic mass is 9.97. The third-order valence-electron chi connectivity index (χ3n) is 3.66. The van der Waals surface area contributed by atoms with Crippen LogP contribution < -0.4 is 5.73 Å². The lowest BCUT2D eigenvalue weighted by Gasteiger charge is -2.29. The zero-order valence-corrected chi connectivity index (χ0v) is 9.33. The van der Waals surface area contributed by atoms with E-state index >= 15 is 0 Å². The maximum atomic E-state index is 12.1. The smallest absolute Gasteiger partial charge is 0.242 e. The topological polar surface area (TPSA) is 66.6 Å².